The minimum Gasteiger partial charge on any atom is -0.507 e. The number of carbonyl (C=O) groups is 1. The second kappa shape index (κ2) is 10.4. The molecule has 1 aliphatic rings. The number of carboxylic acid groups (broad SMARTS) is 1. The first-order valence-corrected chi connectivity index (χ1v) is 12.5. The number of pyridine rings is 1. The molecule has 0 saturated carbocycles. The molecule has 10 nitrogen and oxygen atoms in total. The fourth-order valence-corrected chi connectivity index (χ4v) is 5.04. The van der Waals surface area contributed by atoms with E-state index in [4.69, 9.17) is 16.3 Å². The number of benzene rings is 2. The van der Waals surface area contributed by atoms with Crippen LogP contribution in [0, 0.1) is 5.82 Å². The van der Waals surface area contributed by atoms with E-state index in [2.05, 4.69) is 9.97 Å². The Balaban J connectivity index is 1.71. The Kier molecular flexibility index (Phi) is 7.00. The standard InChI is InChI=1S/C27H25ClFN5O5/c1-15-13-32(27(37)38)10-11-33(15)25-18-12-19(28)23(22-20(29)4-3-5-21(22)35)30-24(18)34(26(36)31-25)14-16-6-8-17(39-2)9-7-16/h3-9,12,15,35H,10-11,13-14H2,1-2H3,(H,37,38)/t15-/m0/s1. The van der Waals surface area contributed by atoms with E-state index < -0.39 is 17.6 Å². The highest BCUT2D eigenvalue weighted by Gasteiger charge is 2.30. The average molecular weight is 554 g/mol. The predicted octanol–water partition coefficient (Wildman–Crippen LogP) is 4.20. The van der Waals surface area contributed by atoms with E-state index >= 15 is 0 Å². The number of anilines is 1. The van der Waals surface area contributed by atoms with E-state index in [1.54, 1.807) is 37.4 Å². The SMILES string of the molecule is COc1ccc(Cn2c(=O)nc(N3CCN(C(=O)O)C[C@@H]3C)c3cc(Cl)c(-c4c(O)cccc4F)nc32)cc1. The molecule has 0 unspecified atom stereocenters. The van der Waals surface area contributed by atoms with Crippen molar-refractivity contribution in [2.45, 2.75) is 19.5 Å². The third kappa shape index (κ3) is 4.92. The van der Waals surface area contributed by atoms with Crippen LogP contribution in [0.15, 0.2) is 53.3 Å². The molecule has 3 heterocycles. The second-order valence-electron chi connectivity index (χ2n) is 9.25. The highest BCUT2D eigenvalue weighted by Crippen LogP contribution is 2.38. The Hall–Kier alpha value is -4.38. The maximum atomic E-state index is 14.8. The number of fused-ring (bicyclic) bond motifs is 1. The monoisotopic (exact) mass is 553 g/mol. The summed E-state index contributed by atoms with van der Waals surface area (Å²) < 4.78 is 21.4. The van der Waals surface area contributed by atoms with Gasteiger partial charge >= 0.3 is 11.8 Å². The van der Waals surface area contributed by atoms with Crippen molar-refractivity contribution in [3.8, 4) is 22.8 Å². The Morgan fingerprint density at radius 3 is 2.56 bits per heavy atom. The van der Waals surface area contributed by atoms with Crippen LogP contribution >= 0.6 is 11.6 Å². The van der Waals surface area contributed by atoms with Gasteiger partial charge in [0.15, 0.2) is 0 Å². The van der Waals surface area contributed by atoms with Crippen LogP contribution in [-0.2, 0) is 6.54 Å². The number of rotatable bonds is 5. The van der Waals surface area contributed by atoms with E-state index in [-0.39, 0.29) is 53.4 Å². The number of aromatic hydroxyl groups is 1. The van der Waals surface area contributed by atoms with Crippen LogP contribution in [0.4, 0.5) is 15.0 Å². The zero-order valence-electron chi connectivity index (χ0n) is 21.1. The lowest BCUT2D eigenvalue weighted by Crippen LogP contribution is -2.54. The number of piperazine rings is 1. The lowest BCUT2D eigenvalue weighted by molar-refractivity contribution is 0.136. The molecule has 202 valence electrons. The van der Waals surface area contributed by atoms with Gasteiger partial charge < -0.3 is 24.7 Å². The quantitative estimate of drug-likeness (QED) is 0.377. The first-order chi connectivity index (χ1) is 18.7. The Bertz CT molecular complexity index is 1610. The van der Waals surface area contributed by atoms with Crippen molar-refractivity contribution in [2.75, 3.05) is 31.6 Å². The molecule has 1 amide bonds. The molecule has 39 heavy (non-hydrogen) atoms. The highest BCUT2D eigenvalue weighted by molar-refractivity contribution is 6.34. The molecule has 1 saturated heterocycles. The van der Waals surface area contributed by atoms with E-state index in [0.29, 0.717) is 23.5 Å². The van der Waals surface area contributed by atoms with Crippen LogP contribution in [-0.4, -0.2) is 68.5 Å². The molecule has 0 bridgehead atoms. The fourth-order valence-electron chi connectivity index (χ4n) is 4.79. The van der Waals surface area contributed by atoms with Crippen molar-refractivity contribution in [3.63, 3.8) is 0 Å². The maximum Gasteiger partial charge on any atom is 0.407 e. The number of phenolic OH excluding ortho intramolecular Hbond substituents is 1. The van der Waals surface area contributed by atoms with Gasteiger partial charge in [-0.1, -0.05) is 29.8 Å². The predicted molar refractivity (Wildman–Crippen MR) is 144 cm³/mol. The number of aromatic nitrogens is 3. The molecule has 1 fully saturated rings. The number of hydrogen-bond acceptors (Lipinski definition) is 7. The molecular formula is C27H25ClFN5O5. The molecule has 2 N–H and O–H groups in total. The summed E-state index contributed by atoms with van der Waals surface area (Å²) >= 11 is 6.61. The topological polar surface area (TPSA) is 121 Å². The van der Waals surface area contributed by atoms with Gasteiger partial charge in [-0.05, 0) is 42.8 Å². The minimum absolute atomic E-state index is 0.0245. The number of ether oxygens (including phenoxy) is 1. The lowest BCUT2D eigenvalue weighted by atomic mass is 10.1. The molecule has 1 aliphatic heterocycles. The van der Waals surface area contributed by atoms with E-state index in [1.165, 1.54) is 27.7 Å². The smallest absolute Gasteiger partial charge is 0.407 e. The summed E-state index contributed by atoms with van der Waals surface area (Å²) in [5, 5.41) is 20.3. The summed E-state index contributed by atoms with van der Waals surface area (Å²) in [4.78, 5) is 37.1. The zero-order chi connectivity index (χ0) is 27.8. The van der Waals surface area contributed by atoms with Crippen molar-refractivity contribution >= 4 is 34.5 Å². The number of nitrogens with zero attached hydrogens (tertiary/aromatic N) is 5. The van der Waals surface area contributed by atoms with E-state index in [9.17, 15) is 24.2 Å². The third-order valence-electron chi connectivity index (χ3n) is 6.78. The molecule has 2 aromatic carbocycles. The van der Waals surface area contributed by atoms with Gasteiger partial charge in [-0.3, -0.25) is 4.57 Å². The molecule has 5 rings (SSSR count). The molecule has 4 aromatic rings. The largest absolute Gasteiger partial charge is 0.507 e. The zero-order valence-corrected chi connectivity index (χ0v) is 21.9. The normalized spacial score (nSPS) is 15.5. The summed E-state index contributed by atoms with van der Waals surface area (Å²) in [5.41, 5.74) is 0.151. The molecular weight excluding hydrogens is 529 g/mol. The number of methoxy groups -OCH3 is 1. The Morgan fingerprint density at radius 1 is 1.18 bits per heavy atom. The van der Waals surface area contributed by atoms with Crippen molar-refractivity contribution in [1.82, 2.24) is 19.4 Å². The van der Waals surface area contributed by atoms with Gasteiger partial charge in [-0.15, -0.1) is 0 Å². The number of phenols is 1. The lowest BCUT2D eigenvalue weighted by Gasteiger charge is -2.39. The minimum atomic E-state index is -1.02. The molecule has 2 aromatic heterocycles. The van der Waals surface area contributed by atoms with Crippen molar-refractivity contribution < 1.29 is 24.1 Å². The van der Waals surface area contributed by atoms with Crippen LogP contribution < -0.4 is 15.3 Å². The van der Waals surface area contributed by atoms with Gasteiger partial charge in [0.1, 0.15) is 28.8 Å². The molecule has 12 heteroatoms. The molecule has 1 atom stereocenters. The van der Waals surface area contributed by atoms with Crippen LogP contribution in [0.1, 0.15) is 12.5 Å². The van der Waals surface area contributed by atoms with E-state index in [0.717, 1.165) is 5.56 Å². The molecule has 0 spiro atoms. The first kappa shape index (κ1) is 26.2. The summed E-state index contributed by atoms with van der Waals surface area (Å²) in [6, 6.07) is 12.3. The van der Waals surface area contributed by atoms with Gasteiger partial charge in [0.2, 0.25) is 0 Å². The number of hydrogen-bond donors (Lipinski definition) is 2. The number of halogens is 2. The van der Waals surface area contributed by atoms with Crippen LogP contribution in [0.3, 0.4) is 0 Å². The van der Waals surface area contributed by atoms with Gasteiger partial charge in [-0.2, -0.15) is 4.98 Å². The second-order valence-corrected chi connectivity index (χ2v) is 9.65. The van der Waals surface area contributed by atoms with Crippen LogP contribution in [0.25, 0.3) is 22.3 Å². The highest BCUT2D eigenvalue weighted by atomic mass is 35.5. The van der Waals surface area contributed by atoms with Crippen molar-refractivity contribution in [3.05, 3.63) is 75.4 Å². The van der Waals surface area contributed by atoms with Gasteiger partial charge in [-0.25, -0.2) is 19.0 Å². The van der Waals surface area contributed by atoms with E-state index in [1.807, 2.05) is 11.8 Å². The van der Waals surface area contributed by atoms with Crippen molar-refractivity contribution in [2.24, 2.45) is 0 Å². The molecule has 0 aliphatic carbocycles. The maximum absolute atomic E-state index is 14.8. The Morgan fingerprint density at radius 2 is 1.92 bits per heavy atom. The summed E-state index contributed by atoms with van der Waals surface area (Å²) in [5.74, 6) is -0.112. The summed E-state index contributed by atoms with van der Waals surface area (Å²) in [6.45, 7) is 2.68. The van der Waals surface area contributed by atoms with Gasteiger partial charge in [0.05, 0.1) is 35.3 Å². The summed E-state index contributed by atoms with van der Waals surface area (Å²) in [7, 11) is 1.56. The van der Waals surface area contributed by atoms with Gasteiger partial charge in [0.25, 0.3) is 0 Å². The summed E-state index contributed by atoms with van der Waals surface area (Å²) in [6.07, 6.45) is -1.02. The first-order valence-electron chi connectivity index (χ1n) is 12.1. The third-order valence-corrected chi connectivity index (χ3v) is 7.07. The van der Waals surface area contributed by atoms with Crippen LogP contribution in [0.2, 0.25) is 5.02 Å². The molecule has 0 radical (unpaired) electrons. The Labute approximate surface area is 227 Å². The van der Waals surface area contributed by atoms with Crippen molar-refractivity contribution in [1.29, 1.82) is 0 Å². The van der Waals surface area contributed by atoms with Crippen LogP contribution in [0.5, 0.6) is 11.5 Å². The number of amides is 1. The van der Waals surface area contributed by atoms with Gasteiger partial charge in [0, 0.05) is 25.7 Å². The average Bonchev–Trinajstić information content (AvgIpc) is 2.91. The fraction of sp³-hybridized carbons (Fsp3) is 0.259.